The van der Waals surface area contributed by atoms with Crippen LogP contribution in [0.25, 0.3) is 0 Å². The largest absolute Gasteiger partial charge is 0.372 e. The molecule has 0 unspecified atom stereocenters. The van der Waals surface area contributed by atoms with Gasteiger partial charge in [0.2, 0.25) is 0 Å². The zero-order valence-corrected chi connectivity index (χ0v) is 9.38. The van der Waals surface area contributed by atoms with Gasteiger partial charge in [0.15, 0.2) is 5.78 Å². The number of rotatable bonds is 4. The van der Waals surface area contributed by atoms with Gasteiger partial charge in [-0.3, -0.25) is 4.79 Å². The van der Waals surface area contributed by atoms with Crippen molar-refractivity contribution in [3.8, 4) is 0 Å². The number of para-hydroxylation sites is 1. The molecular weight excluding hydrogens is 193 g/mol. The van der Waals surface area contributed by atoms with E-state index in [1.807, 2.05) is 6.92 Å². The molecule has 0 atom stereocenters. The molecule has 0 bridgehead atoms. The Kier molecular flexibility index (Phi) is 3.83. The number of ketones is 1. The molecule has 1 rings (SSSR count). The number of anilines is 1. The molecule has 1 aromatic rings. The molecule has 0 fully saturated rings. The molecule has 0 radical (unpaired) electrons. The van der Waals surface area contributed by atoms with Gasteiger partial charge in [0, 0.05) is 19.2 Å². The number of hydrogen-bond acceptors (Lipinski definition) is 2. The summed E-state index contributed by atoms with van der Waals surface area (Å²) in [4.78, 5) is 13.1. The Balaban J connectivity index is 3.18. The number of hydrogen-bond donors (Lipinski definition) is 0. The normalized spacial score (nSPS) is 10.1. The summed E-state index contributed by atoms with van der Waals surface area (Å²) in [5.41, 5.74) is 0.859. The number of carbonyl (C=O) groups excluding carboxylic acids is 1. The number of halogens is 1. The predicted molar refractivity (Wildman–Crippen MR) is 60.0 cm³/mol. The van der Waals surface area contributed by atoms with Crippen LogP contribution < -0.4 is 4.90 Å². The van der Waals surface area contributed by atoms with Gasteiger partial charge in [0.1, 0.15) is 5.82 Å². The Morgan fingerprint density at radius 1 is 1.47 bits per heavy atom. The Morgan fingerprint density at radius 2 is 2.13 bits per heavy atom. The van der Waals surface area contributed by atoms with E-state index in [4.69, 9.17) is 0 Å². The molecule has 0 aliphatic rings. The molecule has 0 spiro atoms. The molecule has 0 aromatic heterocycles. The molecule has 0 N–H and O–H groups in total. The van der Waals surface area contributed by atoms with Crippen molar-refractivity contribution in [1.29, 1.82) is 0 Å². The highest BCUT2D eigenvalue weighted by Gasteiger charge is 2.14. The standard InChI is InChI=1S/C12H16FNO/c1-4-8-14(3)12-10(9(2)15)6-5-7-11(12)13/h5-7H,4,8H2,1-3H3. The number of nitrogens with zero attached hydrogens (tertiary/aromatic N) is 1. The lowest BCUT2D eigenvalue weighted by molar-refractivity contribution is 0.101. The number of benzene rings is 1. The molecular formula is C12H16FNO. The van der Waals surface area contributed by atoms with Gasteiger partial charge in [-0.05, 0) is 25.5 Å². The molecule has 1 aromatic carbocycles. The first-order chi connectivity index (χ1) is 7.07. The lowest BCUT2D eigenvalue weighted by Gasteiger charge is -2.21. The van der Waals surface area contributed by atoms with Crippen LogP contribution in [-0.2, 0) is 0 Å². The fourth-order valence-corrected chi connectivity index (χ4v) is 1.63. The van der Waals surface area contributed by atoms with Gasteiger partial charge in [0.05, 0.1) is 5.69 Å². The average molecular weight is 209 g/mol. The summed E-state index contributed by atoms with van der Waals surface area (Å²) in [6.07, 6.45) is 0.919. The van der Waals surface area contributed by atoms with Crippen LogP contribution in [0, 0.1) is 5.82 Å². The van der Waals surface area contributed by atoms with Crippen LogP contribution in [0.4, 0.5) is 10.1 Å². The minimum Gasteiger partial charge on any atom is -0.372 e. The van der Waals surface area contributed by atoms with E-state index in [0.717, 1.165) is 13.0 Å². The monoisotopic (exact) mass is 209 g/mol. The summed E-state index contributed by atoms with van der Waals surface area (Å²) >= 11 is 0. The van der Waals surface area contributed by atoms with Gasteiger partial charge in [-0.15, -0.1) is 0 Å². The summed E-state index contributed by atoms with van der Waals surface area (Å²) in [6, 6.07) is 4.61. The maximum Gasteiger partial charge on any atom is 0.161 e. The summed E-state index contributed by atoms with van der Waals surface area (Å²) < 4.78 is 13.6. The molecule has 0 saturated heterocycles. The highest BCUT2D eigenvalue weighted by molar-refractivity contribution is 5.99. The zero-order chi connectivity index (χ0) is 11.4. The molecule has 0 amide bonds. The fourth-order valence-electron chi connectivity index (χ4n) is 1.63. The Labute approximate surface area is 89.7 Å². The molecule has 15 heavy (non-hydrogen) atoms. The molecule has 2 nitrogen and oxygen atoms in total. The summed E-state index contributed by atoms with van der Waals surface area (Å²) in [6.45, 7) is 4.21. The van der Waals surface area contributed by atoms with E-state index in [1.165, 1.54) is 13.0 Å². The van der Waals surface area contributed by atoms with Crippen molar-refractivity contribution < 1.29 is 9.18 Å². The minimum atomic E-state index is -0.335. The Morgan fingerprint density at radius 3 is 2.67 bits per heavy atom. The lowest BCUT2D eigenvalue weighted by atomic mass is 10.1. The van der Waals surface area contributed by atoms with Crippen molar-refractivity contribution in [2.75, 3.05) is 18.5 Å². The second-order valence-corrected chi connectivity index (χ2v) is 3.61. The van der Waals surface area contributed by atoms with Crippen molar-refractivity contribution in [1.82, 2.24) is 0 Å². The summed E-state index contributed by atoms with van der Waals surface area (Å²) in [5.74, 6) is -0.439. The minimum absolute atomic E-state index is 0.104. The molecule has 82 valence electrons. The first-order valence-corrected chi connectivity index (χ1v) is 5.08. The van der Waals surface area contributed by atoms with Crippen molar-refractivity contribution in [3.05, 3.63) is 29.6 Å². The first kappa shape index (κ1) is 11.7. The Hall–Kier alpha value is -1.38. The van der Waals surface area contributed by atoms with Crippen LogP contribution in [0.15, 0.2) is 18.2 Å². The van der Waals surface area contributed by atoms with Crippen LogP contribution in [-0.4, -0.2) is 19.4 Å². The second-order valence-electron chi connectivity index (χ2n) is 3.61. The van der Waals surface area contributed by atoms with E-state index in [-0.39, 0.29) is 11.6 Å². The molecule has 0 heterocycles. The van der Waals surface area contributed by atoms with Gasteiger partial charge >= 0.3 is 0 Å². The Bertz CT molecular complexity index is 363. The van der Waals surface area contributed by atoms with Crippen LogP contribution in [0.3, 0.4) is 0 Å². The molecule has 0 aliphatic heterocycles. The highest BCUT2D eigenvalue weighted by atomic mass is 19.1. The number of Topliss-reactive ketones (excluding diaryl/α,β-unsaturated/α-hetero) is 1. The third-order valence-corrected chi connectivity index (χ3v) is 2.31. The van der Waals surface area contributed by atoms with Gasteiger partial charge in [-0.25, -0.2) is 4.39 Å². The highest BCUT2D eigenvalue weighted by Crippen LogP contribution is 2.23. The van der Waals surface area contributed by atoms with E-state index in [2.05, 4.69) is 0 Å². The van der Waals surface area contributed by atoms with Crippen LogP contribution in [0.1, 0.15) is 30.6 Å². The van der Waals surface area contributed by atoms with E-state index >= 15 is 0 Å². The van der Waals surface area contributed by atoms with Crippen LogP contribution in [0.2, 0.25) is 0 Å². The van der Waals surface area contributed by atoms with Gasteiger partial charge in [-0.2, -0.15) is 0 Å². The average Bonchev–Trinajstić information content (AvgIpc) is 2.17. The second kappa shape index (κ2) is 4.91. The smallest absolute Gasteiger partial charge is 0.161 e. The van der Waals surface area contributed by atoms with Crippen molar-refractivity contribution in [2.24, 2.45) is 0 Å². The van der Waals surface area contributed by atoms with Crippen LogP contribution >= 0.6 is 0 Å². The topological polar surface area (TPSA) is 20.3 Å². The third kappa shape index (κ3) is 2.55. The van der Waals surface area contributed by atoms with Gasteiger partial charge < -0.3 is 4.90 Å². The van der Waals surface area contributed by atoms with Crippen molar-refractivity contribution in [3.63, 3.8) is 0 Å². The molecule has 0 aliphatic carbocycles. The SMILES string of the molecule is CCCN(C)c1c(F)cccc1C(C)=O. The van der Waals surface area contributed by atoms with E-state index in [0.29, 0.717) is 11.3 Å². The van der Waals surface area contributed by atoms with E-state index < -0.39 is 0 Å². The van der Waals surface area contributed by atoms with Crippen molar-refractivity contribution >= 4 is 11.5 Å². The zero-order valence-electron chi connectivity index (χ0n) is 9.38. The van der Waals surface area contributed by atoms with E-state index in [1.54, 1.807) is 24.1 Å². The van der Waals surface area contributed by atoms with E-state index in [9.17, 15) is 9.18 Å². The third-order valence-electron chi connectivity index (χ3n) is 2.31. The summed E-state index contributed by atoms with van der Waals surface area (Å²) in [7, 11) is 1.80. The van der Waals surface area contributed by atoms with Crippen LogP contribution in [0.5, 0.6) is 0 Å². The maximum atomic E-state index is 13.6. The predicted octanol–water partition coefficient (Wildman–Crippen LogP) is 2.87. The van der Waals surface area contributed by atoms with Crippen molar-refractivity contribution in [2.45, 2.75) is 20.3 Å². The first-order valence-electron chi connectivity index (χ1n) is 5.08. The summed E-state index contributed by atoms with van der Waals surface area (Å²) in [5, 5.41) is 0. The molecule has 3 heteroatoms. The maximum absolute atomic E-state index is 13.6. The number of carbonyl (C=O) groups is 1. The quantitative estimate of drug-likeness (QED) is 0.711. The fraction of sp³-hybridized carbons (Fsp3) is 0.417. The molecule has 0 saturated carbocycles. The lowest BCUT2D eigenvalue weighted by Crippen LogP contribution is -2.21. The van der Waals surface area contributed by atoms with Gasteiger partial charge in [-0.1, -0.05) is 13.0 Å². The van der Waals surface area contributed by atoms with Gasteiger partial charge in [0.25, 0.3) is 0 Å².